The molecule has 1 saturated carbocycles. The Bertz CT molecular complexity index is 831. The van der Waals surface area contributed by atoms with Crippen molar-refractivity contribution in [3.05, 3.63) is 23.8 Å². The van der Waals surface area contributed by atoms with Gasteiger partial charge in [0, 0.05) is 44.9 Å². The zero-order valence-electron chi connectivity index (χ0n) is 18.5. The minimum Gasteiger partial charge on any atom is -0.396 e. The molecule has 2 fully saturated rings. The van der Waals surface area contributed by atoms with E-state index in [2.05, 4.69) is 5.32 Å². The molecule has 3 aliphatic rings. The van der Waals surface area contributed by atoms with Crippen LogP contribution in [0, 0.1) is 11.3 Å². The Kier molecular flexibility index (Phi) is 6.35. The van der Waals surface area contributed by atoms with Gasteiger partial charge in [-0.3, -0.25) is 9.59 Å². The lowest BCUT2D eigenvalue weighted by molar-refractivity contribution is -0.134. The summed E-state index contributed by atoms with van der Waals surface area (Å²) < 4.78 is 5.26. The van der Waals surface area contributed by atoms with Gasteiger partial charge in [0.25, 0.3) is 0 Å². The van der Waals surface area contributed by atoms with Gasteiger partial charge in [-0.2, -0.15) is 0 Å². The second kappa shape index (κ2) is 8.86. The summed E-state index contributed by atoms with van der Waals surface area (Å²) in [5.41, 5.74) is 8.55. The average Bonchev–Trinajstić information content (AvgIpc) is 3.56. The molecule has 0 radical (unpaired) electrons. The average molecular weight is 431 g/mol. The number of amides is 2. The topological polar surface area (TPSA) is 108 Å². The van der Waals surface area contributed by atoms with Gasteiger partial charge in [-0.1, -0.05) is 6.07 Å². The molecule has 1 aliphatic carbocycles. The van der Waals surface area contributed by atoms with Crippen LogP contribution < -0.4 is 20.9 Å². The normalized spacial score (nSPS) is 23.2. The van der Waals surface area contributed by atoms with E-state index in [0.29, 0.717) is 39.4 Å². The number of benzene rings is 1. The molecular formula is C23H34N4O4. The molecule has 1 saturated heterocycles. The quantitative estimate of drug-likeness (QED) is 0.564. The molecule has 0 aromatic heterocycles. The van der Waals surface area contributed by atoms with Crippen molar-refractivity contribution in [2.75, 3.05) is 55.8 Å². The molecule has 170 valence electrons. The molecule has 2 atom stereocenters. The highest BCUT2D eigenvalue weighted by atomic mass is 16.5. The van der Waals surface area contributed by atoms with Gasteiger partial charge in [-0.25, -0.2) is 0 Å². The van der Waals surface area contributed by atoms with E-state index >= 15 is 0 Å². The van der Waals surface area contributed by atoms with Crippen molar-refractivity contribution in [1.82, 2.24) is 5.32 Å². The van der Waals surface area contributed by atoms with E-state index in [1.807, 2.05) is 30.0 Å². The first-order chi connectivity index (χ1) is 14.9. The van der Waals surface area contributed by atoms with Crippen molar-refractivity contribution in [3.63, 3.8) is 0 Å². The molecule has 0 bridgehead atoms. The van der Waals surface area contributed by atoms with Crippen molar-refractivity contribution < 1.29 is 19.4 Å². The van der Waals surface area contributed by atoms with Crippen LogP contribution in [0.5, 0.6) is 0 Å². The first kappa shape index (κ1) is 22.2. The fraction of sp³-hybridized carbons (Fsp3) is 0.652. The summed E-state index contributed by atoms with van der Waals surface area (Å²) in [5.74, 6) is 0.309. The monoisotopic (exact) mass is 430 g/mol. The Morgan fingerprint density at radius 1 is 1.32 bits per heavy atom. The first-order valence-corrected chi connectivity index (χ1v) is 11.2. The van der Waals surface area contributed by atoms with Crippen molar-refractivity contribution >= 4 is 23.2 Å². The number of nitrogens with zero attached hydrogens (tertiary/aromatic N) is 2. The van der Waals surface area contributed by atoms with Gasteiger partial charge in [0.2, 0.25) is 11.8 Å². The highest BCUT2D eigenvalue weighted by Gasteiger charge is 2.40. The van der Waals surface area contributed by atoms with Crippen molar-refractivity contribution in [2.45, 2.75) is 38.6 Å². The number of aliphatic hydroxyl groups excluding tert-OH is 1. The van der Waals surface area contributed by atoms with Crippen LogP contribution in [0.3, 0.4) is 0 Å². The molecule has 1 aromatic carbocycles. The number of hydrogen-bond acceptors (Lipinski definition) is 6. The molecule has 31 heavy (non-hydrogen) atoms. The third kappa shape index (κ3) is 4.35. The van der Waals surface area contributed by atoms with E-state index in [9.17, 15) is 14.7 Å². The fourth-order valence-electron chi connectivity index (χ4n) is 4.62. The van der Waals surface area contributed by atoms with Crippen molar-refractivity contribution in [1.29, 1.82) is 0 Å². The largest absolute Gasteiger partial charge is 0.396 e. The third-order valence-electron chi connectivity index (χ3n) is 6.77. The Morgan fingerprint density at radius 2 is 2.06 bits per heavy atom. The summed E-state index contributed by atoms with van der Waals surface area (Å²) >= 11 is 0. The summed E-state index contributed by atoms with van der Waals surface area (Å²) in [6.45, 7) is 7.10. The van der Waals surface area contributed by atoms with Gasteiger partial charge < -0.3 is 30.7 Å². The Hall–Kier alpha value is -2.00. The number of nitrogens with one attached hydrogen (secondary N) is 1. The molecule has 2 heterocycles. The molecule has 1 aromatic rings. The minimum absolute atomic E-state index is 0.0194. The van der Waals surface area contributed by atoms with E-state index in [1.165, 1.54) is 0 Å². The van der Waals surface area contributed by atoms with Crippen LogP contribution >= 0.6 is 0 Å². The van der Waals surface area contributed by atoms with Crippen LogP contribution in [0.4, 0.5) is 11.4 Å². The van der Waals surface area contributed by atoms with Gasteiger partial charge in [-0.15, -0.1) is 0 Å². The zero-order valence-corrected chi connectivity index (χ0v) is 18.5. The van der Waals surface area contributed by atoms with Gasteiger partial charge >= 0.3 is 0 Å². The lowest BCUT2D eigenvalue weighted by Crippen LogP contribution is -2.53. The van der Waals surface area contributed by atoms with E-state index < -0.39 is 0 Å². The summed E-state index contributed by atoms with van der Waals surface area (Å²) in [4.78, 5) is 29.0. The predicted octanol–water partition coefficient (Wildman–Crippen LogP) is 0.825. The summed E-state index contributed by atoms with van der Waals surface area (Å²) in [7, 11) is 0. The van der Waals surface area contributed by atoms with Crippen LogP contribution in [-0.2, 0) is 14.3 Å². The maximum Gasteiger partial charge on any atom is 0.230 e. The SMILES string of the molecule is CC(=O)N1c2ccc(C(CN)CNCC3(CO)COC3)cc2N(C(=O)C2CC2)C[C@@H]1C. The molecule has 4 rings (SSSR count). The highest BCUT2D eigenvalue weighted by molar-refractivity contribution is 6.05. The summed E-state index contributed by atoms with van der Waals surface area (Å²) in [6, 6.07) is 5.93. The standard InChI is InChI=1S/C23H34N4O4/c1-15-10-26(22(30)17-3-4-17)21-7-18(5-6-20(21)27(15)16(2)29)19(8-24)9-25-11-23(12-28)13-31-14-23/h5-7,15,17,19,25,28H,3-4,8-14,24H2,1-2H3/t15-,19?/m0/s1. The number of ether oxygens (including phenoxy) is 1. The van der Waals surface area contributed by atoms with Crippen LogP contribution in [0.1, 0.15) is 38.2 Å². The molecule has 8 heteroatoms. The lowest BCUT2D eigenvalue weighted by atomic mass is 9.86. The maximum atomic E-state index is 13.0. The summed E-state index contributed by atoms with van der Waals surface area (Å²) in [6.07, 6.45) is 1.89. The Labute approximate surface area is 183 Å². The second-order valence-electron chi connectivity index (χ2n) is 9.42. The highest BCUT2D eigenvalue weighted by Crippen LogP contribution is 2.41. The number of fused-ring (bicyclic) bond motifs is 1. The van der Waals surface area contributed by atoms with Gasteiger partial charge in [0.1, 0.15) is 0 Å². The molecule has 8 nitrogen and oxygen atoms in total. The van der Waals surface area contributed by atoms with Crippen LogP contribution in [0.25, 0.3) is 0 Å². The van der Waals surface area contributed by atoms with Crippen LogP contribution in [0.15, 0.2) is 18.2 Å². The van der Waals surface area contributed by atoms with Gasteiger partial charge in [0.15, 0.2) is 0 Å². The number of rotatable bonds is 8. The molecular weight excluding hydrogens is 396 g/mol. The Morgan fingerprint density at radius 3 is 2.61 bits per heavy atom. The smallest absolute Gasteiger partial charge is 0.230 e. The number of aliphatic hydroxyl groups is 1. The van der Waals surface area contributed by atoms with Gasteiger partial charge in [0.05, 0.1) is 42.7 Å². The van der Waals surface area contributed by atoms with Crippen LogP contribution in [0.2, 0.25) is 0 Å². The first-order valence-electron chi connectivity index (χ1n) is 11.2. The second-order valence-corrected chi connectivity index (χ2v) is 9.42. The number of carbonyl (C=O) groups is 2. The van der Waals surface area contributed by atoms with Crippen molar-refractivity contribution in [3.8, 4) is 0 Å². The van der Waals surface area contributed by atoms with E-state index in [0.717, 1.165) is 29.8 Å². The summed E-state index contributed by atoms with van der Waals surface area (Å²) in [5, 5.41) is 13.1. The molecule has 4 N–H and O–H groups in total. The third-order valence-corrected chi connectivity index (χ3v) is 6.77. The number of anilines is 2. The fourth-order valence-corrected chi connectivity index (χ4v) is 4.62. The number of hydrogen-bond donors (Lipinski definition) is 3. The van der Waals surface area contributed by atoms with Crippen LogP contribution in [-0.4, -0.2) is 69.0 Å². The van der Waals surface area contributed by atoms with E-state index in [4.69, 9.17) is 10.5 Å². The number of carbonyl (C=O) groups excluding carboxylic acids is 2. The minimum atomic E-state index is -0.194. The predicted molar refractivity (Wildman–Crippen MR) is 119 cm³/mol. The zero-order chi connectivity index (χ0) is 22.2. The maximum absolute atomic E-state index is 13.0. The van der Waals surface area contributed by atoms with E-state index in [1.54, 1.807) is 11.8 Å². The van der Waals surface area contributed by atoms with Crippen molar-refractivity contribution in [2.24, 2.45) is 17.1 Å². The molecule has 0 spiro atoms. The molecule has 2 aliphatic heterocycles. The Balaban J connectivity index is 1.56. The molecule has 2 amide bonds. The lowest BCUT2D eigenvalue weighted by Gasteiger charge is -2.41. The molecule has 1 unspecified atom stereocenters. The number of nitrogens with two attached hydrogens (primary N) is 1. The van der Waals surface area contributed by atoms with E-state index in [-0.39, 0.29) is 41.7 Å². The van der Waals surface area contributed by atoms with Gasteiger partial charge in [-0.05, 0) is 37.5 Å².